The Balaban J connectivity index is 1.54. The fraction of sp³-hybridized carbons (Fsp3) is 0.529. The van der Waals surface area contributed by atoms with Gasteiger partial charge in [-0.25, -0.2) is 9.07 Å². The molecule has 3 aromatic rings. The summed E-state index contributed by atoms with van der Waals surface area (Å²) in [5.74, 6) is -0.103. The lowest BCUT2D eigenvalue weighted by Crippen LogP contribution is -2.58. The fourth-order valence-corrected chi connectivity index (χ4v) is 5.48. The zero-order chi connectivity index (χ0) is 34.1. The maximum atomic E-state index is 14.5. The fourth-order valence-electron chi connectivity index (χ4n) is 5.48. The number of aromatic nitrogens is 2. The Morgan fingerprint density at radius 3 is 2.21 bits per heavy atom. The van der Waals surface area contributed by atoms with E-state index >= 15 is 0 Å². The molecule has 1 fully saturated rings. The number of ether oxygens (including phenoxy) is 2. The second-order valence-corrected chi connectivity index (χ2v) is 12.4. The van der Waals surface area contributed by atoms with E-state index in [1.54, 1.807) is 4.68 Å². The highest BCUT2D eigenvalue weighted by molar-refractivity contribution is 5.76. The maximum absolute atomic E-state index is 14.5. The zero-order valence-corrected chi connectivity index (χ0v) is 26.7. The third kappa shape index (κ3) is 8.93. The average molecular weight is 660 g/mol. The van der Waals surface area contributed by atoms with Gasteiger partial charge in [-0.2, -0.15) is 5.10 Å². The molecule has 0 aliphatic carbocycles. The van der Waals surface area contributed by atoms with E-state index in [4.69, 9.17) is 14.6 Å². The van der Waals surface area contributed by atoms with Crippen molar-refractivity contribution in [2.75, 3.05) is 26.4 Å². The molecule has 258 valence electrons. The minimum atomic E-state index is -1.99. The van der Waals surface area contributed by atoms with Gasteiger partial charge in [-0.05, 0) is 35.4 Å². The van der Waals surface area contributed by atoms with E-state index in [1.165, 1.54) is 0 Å². The van der Waals surface area contributed by atoms with E-state index in [0.717, 1.165) is 27.9 Å². The number of halogens is 1. The summed E-state index contributed by atoms with van der Waals surface area (Å²) < 4.78 is 27.9. The van der Waals surface area contributed by atoms with Crippen molar-refractivity contribution >= 4 is 5.91 Å². The number of amides is 1. The van der Waals surface area contributed by atoms with E-state index in [-0.39, 0.29) is 18.2 Å². The number of aliphatic hydroxyl groups excluding tert-OH is 6. The molecule has 4 rings (SSSR count). The Morgan fingerprint density at radius 2 is 1.62 bits per heavy atom. The van der Waals surface area contributed by atoms with Crippen LogP contribution in [0.1, 0.15) is 60.6 Å². The van der Waals surface area contributed by atoms with E-state index in [2.05, 4.69) is 5.32 Å². The van der Waals surface area contributed by atoms with Gasteiger partial charge in [0.25, 0.3) is 0 Å². The standard InChI is InChI=1S/C34H46FN3O9/c1-21(2)29-25(15-23-13-11-22(12-14-23)9-6-10-27(43)36-34(18-40,19-41)20-42)32(38(37-29)16-24-7-4-3-5-8-24)47-33-31(45)30(44)28(35)26(17-39)46-33/h3-5,7-8,11-14,21,26,28,30-31,33,39-42,44-45H,6,9-10,15-20H2,1-2H3,(H,36,43)/t26-,28-,30+,31-,33+/m1/s1. The van der Waals surface area contributed by atoms with Crippen LogP contribution in [-0.2, 0) is 28.9 Å². The van der Waals surface area contributed by atoms with Gasteiger partial charge in [0.1, 0.15) is 23.9 Å². The summed E-state index contributed by atoms with van der Waals surface area (Å²) in [5, 5.41) is 66.3. The molecule has 1 aromatic heterocycles. The van der Waals surface area contributed by atoms with Crippen LogP contribution in [0, 0.1) is 0 Å². The highest BCUT2D eigenvalue weighted by Gasteiger charge is 2.46. The molecular formula is C34H46FN3O9. The van der Waals surface area contributed by atoms with Gasteiger partial charge in [0.15, 0.2) is 6.17 Å². The van der Waals surface area contributed by atoms with Crippen LogP contribution in [0.2, 0.25) is 0 Å². The van der Waals surface area contributed by atoms with Crippen LogP contribution in [0.15, 0.2) is 54.6 Å². The largest absolute Gasteiger partial charge is 0.445 e. The van der Waals surface area contributed by atoms with Gasteiger partial charge in [0.05, 0.1) is 38.7 Å². The first kappa shape index (κ1) is 36.4. The predicted octanol–water partition coefficient (Wildman–Crippen LogP) is 0.956. The van der Waals surface area contributed by atoms with Gasteiger partial charge in [0, 0.05) is 18.4 Å². The number of benzene rings is 2. The van der Waals surface area contributed by atoms with Crippen LogP contribution in [0.3, 0.4) is 0 Å². The normalized spacial score (nSPS) is 21.6. The summed E-state index contributed by atoms with van der Waals surface area (Å²) in [6, 6.07) is 17.4. The molecule has 1 aliphatic rings. The summed E-state index contributed by atoms with van der Waals surface area (Å²) in [6.45, 7) is 1.88. The monoisotopic (exact) mass is 659 g/mol. The third-order valence-corrected chi connectivity index (χ3v) is 8.36. The van der Waals surface area contributed by atoms with Crippen molar-refractivity contribution in [2.45, 2.75) is 88.3 Å². The molecule has 0 spiro atoms. The molecule has 0 radical (unpaired) electrons. The quantitative estimate of drug-likeness (QED) is 0.117. The summed E-state index contributed by atoms with van der Waals surface area (Å²) in [5.41, 5.74) is 2.89. The molecule has 7 N–H and O–H groups in total. The molecule has 1 aliphatic heterocycles. The van der Waals surface area contributed by atoms with Gasteiger partial charge in [-0.3, -0.25) is 4.79 Å². The first-order valence-corrected chi connectivity index (χ1v) is 15.8. The van der Waals surface area contributed by atoms with Crippen molar-refractivity contribution in [2.24, 2.45) is 0 Å². The molecule has 13 heteroatoms. The number of rotatable bonds is 16. The number of nitrogens with one attached hydrogen (secondary N) is 1. The maximum Gasteiger partial charge on any atom is 0.231 e. The lowest BCUT2D eigenvalue weighted by molar-refractivity contribution is -0.266. The van der Waals surface area contributed by atoms with Crippen molar-refractivity contribution in [3.05, 3.63) is 82.5 Å². The minimum absolute atomic E-state index is 0.0146. The lowest BCUT2D eigenvalue weighted by atomic mass is 9.97. The molecule has 0 saturated carbocycles. The molecule has 2 aromatic carbocycles. The highest BCUT2D eigenvalue weighted by Crippen LogP contribution is 2.34. The van der Waals surface area contributed by atoms with E-state index in [1.807, 2.05) is 68.4 Å². The Morgan fingerprint density at radius 1 is 0.979 bits per heavy atom. The van der Waals surface area contributed by atoms with Crippen LogP contribution >= 0.6 is 0 Å². The number of nitrogens with zero attached hydrogens (tertiary/aromatic N) is 2. The second-order valence-electron chi connectivity index (χ2n) is 12.4. The molecule has 0 bridgehead atoms. The number of hydrogen-bond donors (Lipinski definition) is 7. The predicted molar refractivity (Wildman–Crippen MR) is 169 cm³/mol. The van der Waals surface area contributed by atoms with Crippen LogP contribution in [0.4, 0.5) is 4.39 Å². The van der Waals surface area contributed by atoms with Crippen molar-refractivity contribution in [1.82, 2.24) is 15.1 Å². The number of aryl methyl sites for hydroxylation is 1. The summed E-state index contributed by atoms with van der Waals surface area (Å²) in [6.07, 6.45) is -6.71. The van der Waals surface area contributed by atoms with Gasteiger partial charge in [-0.15, -0.1) is 0 Å². The molecule has 1 saturated heterocycles. The zero-order valence-electron chi connectivity index (χ0n) is 26.7. The molecular weight excluding hydrogens is 613 g/mol. The van der Waals surface area contributed by atoms with Gasteiger partial charge < -0.3 is 45.4 Å². The Hall–Kier alpha value is -3.43. The lowest BCUT2D eigenvalue weighted by Gasteiger charge is -2.38. The number of aliphatic hydroxyl groups is 6. The first-order valence-electron chi connectivity index (χ1n) is 15.8. The van der Waals surface area contributed by atoms with Gasteiger partial charge in [0.2, 0.25) is 18.1 Å². The Bertz CT molecular complexity index is 1410. The first-order chi connectivity index (χ1) is 22.5. The molecule has 0 unspecified atom stereocenters. The molecule has 12 nitrogen and oxygen atoms in total. The van der Waals surface area contributed by atoms with Crippen LogP contribution in [0.5, 0.6) is 5.88 Å². The third-order valence-electron chi connectivity index (χ3n) is 8.36. The summed E-state index contributed by atoms with van der Waals surface area (Å²) in [7, 11) is 0. The van der Waals surface area contributed by atoms with Gasteiger partial charge in [-0.1, -0.05) is 68.4 Å². The van der Waals surface area contributed by atoms with Crippen molar-refractivity contribution < 1.29 is 49.3 Å². The molecule has 2 heterocycles. The molecule has 47 heavy (non-hydrogen) atoms. The van der Waals surface area contributed by atoms with Crippen molar-refractivity contribution in [3.63, 3.8) is 0 Å². The Kier molecular flexibility index (Phi) is 12.9. The summed E-state index contributed by atoms with van der Waals surface area (Å²) >= 11 is 0. The molecule has 5 atom stereocenters. The topological polar surface area (TPSA) is 187 Å². The van der Waals surface area contributed by atoms with Crippen LogP contribution in [-0.4, -0.2) is 109 Å². The van der Waals surface area contributed by atoms with Gasteiger partial charge >= 0.3 is 0 Å². The number of carbonyl (C=O) groups is 1. The average Bonchev–Trinajstić information content (AvgIpc) is 3.41. The number of alkyl halides is 1. The van der Waals surface area contributed by atoms with E-state index in [0.29, 0.717) is 31.7 Å². The van der Waals surface area contributed by atoms with Crippen LogP contribution in [0.25, 0.3) is 0 Å². The van der Waals surface area contributed by atoms with E-state index in [9.17, 15) is 39.8 Å². The minimum Gasteiger partial charge on any atom is -0.445 e. The number of carbonyl (C=O) groups excluding carboxylic acids is 1. The Labute approximate surface area is 273 Å². The highest BCUT2D eigenvalue weighted by atomic mass is 19.1. The van der Waals surface area contributed by atoms with Crippen molar-refractivity contribution in [3.8, 4) is 5.88 Å². The van der Waals surface area contributed by atoms with E-state index < -0.39 is 62.7 Å². The second kappa shape index (κ2) is 16.6. The number of hydrogen-bond acceptors (Lipinski definition) is 10. The molecule has 1 amide bonds. The summed E-state index contributed by atoms with van der Waals surface area (Å²) in [4.78, 5) is 12.3. The SMILES string of the molecule is CC(C)c1nn(Cc2ccccc2)c(O[C@@H]2O[C@H](CO)[C@@H](F)[C@H](O)[C@H]2O)c1Cc1ccc(CCCC(=O)NC(CO)(CO)CO)cc1. The van der Waals surface area contributed by atoms with Crippen LogP contribution < -0.4 is 10.1 Å². The van der Waals surface area contributed by atoms with Crippen molar-refractivity contribution in [1.29, 1.82) is 0 Å². The smallest absolute Gasteiger partial charge is 0.231 e.